The molecule has 5 aromatic heterocycles. The van der Waals surface area contributed by atoms with Crippen molar-refractivity contribution in [2.45, 2.75) is 0 Å². The largest absolute Gasteiger partial charge is 2.00 e. The quantitative estimate of drug-likeness (QED) is 0.127. The van der Waals surface area contributed by atoms with E-state index < -0.39 is 0 Å². The number of nitrogens with one attached hydrogen (secondary N) is 1. The number of carbonyl (C=O) groups is 1. The van der Waals surface area contributed by atoms with Crippen LogP contribution in [0, 0.1) is 0 Å². The summed E-state index contributed by atoms with van der Waals surface area (Å²) in [5, 5.41) is 19.2. The molecule has 0 spiro atoms. The van der Waals surface area contributed by atoms with E-state index in [1.54, 1.807) is 49.1 Å². The monoisotopic (exact) mass is 737 g/mol. The molecule has 3 aromatic carbocycles. The third kappa shape index (κ3) is 8.76. The van der Waals surface area contributed by atoms with Crippen molar-refractivity contribution in [2.75, 3.05) is 0 Å². The van der Waals surface area contributed by atoms with Crippen molar-refractivity contribution in [3.8, 4) is 5.75 Å². The predicted octanol–water partition coefficient (Wildman–Crippen LogP) is 3.49. The van der Waals surface area contributed by atoms with Gasteiger partial charge in [0.25, 0.3) is 5.91 Å². The number of aromatic nitrogens is 5. The topological polar surface area (TPSA) is 129 Å². The molecule has 236 valence electrons. The van der Waals surface area contributed by atoms with Crippen molar-refractivity contribution in [1.29, 1.82) is 0 Å². The molecule has 8 rings (SSSR count). The van der Waals surface area contributed by atoms with Gasteiger partial charge < -0.3 is 17.5 Å². The van der Waals surface area contributed by atoms with Gasteiger partial charge in [0.2, 0.25) is 0 Å². The van der Waals surface area contributed by atoms with Crippen molar-refractivity contribution in [3.05, 3.63) is 158 Å². The van der Waals surface area contributed by atoms with Crippen LogP contribution < -0.4 is 22.9 Å². The maximum Gasteiger partial charge on any atom is 2.00 e. The summed E-state index contributed by atoms with van der Waals surface area (Å²) in [6.07, 6.45) is 11.7. The van der Waals surface area contributed by atoms with Crippen molar-refractivity contribution < 1.29 is 41.8 Å². The molecule has 0 radical (unpaired) electrons. The first kappa shape index (κ1) is 35.2. The molecule has 0 aliphatic carbocycles. The molecule has 5 heterocycles. The second-order valence-electron chi connectivity index (χ2n) is 9.94. The molecule has 1 amide bonds. The summed E-state index contributed by atoms with van der Waals surface area (Å²) in [4.78, 5) is 32.8. The fourth-order valence-electron chi connectivity index (χ4n) is 4.65. The maximum absolute atomic E-state index is 11.6. The fourth-order valence-corrected chi connectivity index (χ4v) is 4.65. The Morgan fingerprint density at radius 2 is 0.958 bits per heavy atom. The predicted molar refractivity (Wildman–Crippen MR) is 179 cm³/mol. The number of hydrogen-bond acceptors (Lipinski definition) is 8. The molecular formula is C37H26ClN7O2Ru. The van der Waals surface area contributed by atoms with Crippen LogP contribution in [-0.2, 0) is 19.5 Å². The second kappa shape index (κ2) is 17.3. The molecule has 0 aliphatic rings. The number of fused-ring (bicyclic) bond motifs is 6. The molecule has 8 aromatic rings. The molecule has 0 bridgehead atoms. The molecule has 0 saturated carbocycles. The summed E-state index contributed by atoms with van der Waals surface area (Å²) in [5.41, 5.74) is 7.52. The fraction of sp³-hybridized carbons (Fsp3) is 0. The third-order valence-electron chi connectivity index (χ3n) is 6.89. The van der Waals surface area contributed by atoms with Crippen LogP contribution in [-0.4, -0.2) is 37.0 Å². The Morgan fingerprint density at radius 1 is 0.562 bits per heavy atom. The normalized spacial score (nSPS) is 10.2. The molecule has 0 atom stereocenters. The van der Waals surface area contributed by atoms with E-state index in [2.05, 4.69) is 84.0 Å². The molecule has 9 nitrogen and oxygen atoms in total. The van der Waals surface area contributed by atoms with E-state index >= 15 is 0 Å². The van der Waals surface area contributed by atoms with Gasteiger partial charge in [-0.1, -0.05) is 72.8 Å². The van der Waals surface area contributed by atoms with Gasteiger partial charge in [-0.3, -0.25) is 29.7 Å². The Balaban J connectivity index is 0.000000161. The van der Waals surface area contributed by atoms with E-state index in [1.165, 1.54) is 30.7 Å². The van der Waals surface area contributed by atoms with Gasteiger partial charge >= 0.3 is 19.5 Å². The van der Waals surface area contributed by atoms with Crippen molar-refractivity contribution >= 4 is 55.7 Å². The summed E-state index contributed by atoms with van der Waals surface area (Å²) >= 11 is 0. The number of rotatable bonds is 3. The number of halogens is 1. The van der Waals surface area contributed by atoms with E-state index in [-0.39, 0.29) is 43.5 Å². The number of carbonyl (C=O) groups excluding carboxylic acids is 1. The zero-order valence-corrected chi connectivity index (χ0v) is 27.7. The number of pyridine rings is 5. The minimum absolute atomic E-state index is 0. The van der Waals surface area contributed by atoms with Gasteiger partial charge in [-0.05, 0) is 42.0 Å². The van der Waals surface area contributed by atoms with Gasteiger partial charge in [0.15, 0.2) is 0 Å². The van der Waals surface area contributed by atoms with Crippen LogP contribution >= 0.6 is 0 Å². The molecule has 0 saturated heterocycles. The zero-order valence-electron chi connectivity index (χ0n) is 25.2. The maximum atomic E-state index is 11.6. The summed E-state index contributed by atoms with van der Waals surface area (Å²) in [7, 11) is 0. The second-order valence-corrected chi connectivity index (χ2v) is 9.94. The van der Waals surface area contributed by atoms with Gasteiger partial charge in [-0.25, -0.2) is 5.43 Å². The van der Waals surface area contributed by atoms with Crippen LogP contribution in [0.3, 0.4) is 0 Å². The molecule has 0 fully saturated rings. The first-order valence-electron chi connectivity index (χ1n) is 14.3. The zero-order chi connectivity index (χ0) is 31.6. The minimum atomic E-state index is -0.311. The minimum Gasteiger partial charge on any atom is -1.00 e. The molecule has 48 heavy (non-hydrogen) atoms. The Kier molecular flexibility index (Phi) is 12.7. The van der Waals surface area contributed by atoms with Gasteiger partial charge in [0.05, 0.1) is 28.3 Å². The van der Waals surface area contributed by atoms with E-state index in [1.807, 2.05) is 24.3 Å². The average Bonchev–Trinajstić information content (AvgIpc) is 3.13. The van der Waals surface area contributed by atoms with Crippen molar-refractivity contribution in [2.24, 2.45) is 5.10 Å². The Morgan fingerprint density at radius 3 is 1.35 bits per heavy atom. The number of nitrogens with zero attached hydrogens (tertiary/aromatic N) is 6. The summed E-state index contributed by atoms with van der Waals surface area (Å²) in [6.45, 7) is 0. The number of hydrogen-bond donors (Lipinski definition) is 1. The first-order valence-corrected chi connectivity index (χ1v) is 14.3. The van der Waals surface area contributed by atoms with Crippen LogP contribution in [0.15, 0.2) is 151 Å². The van der Waals surface area contributed by atoms with E-state index in [0.717, 1.165) is 49.2 Å². The van der Waals surface area contributed by atoms with E-state index in [9.17, 15) is 9.90 Å². The van der Waals surface area contributed by atoms with Crippen LogP contribution in [0.1, 0.15) is 15.9 Å². The number of hydrazone groups is 1. The van der Waals surface area contributed by atoms with Crippen LogP contribution in [0.2, 0.25) is 0 Å². The number of amides is 1. The van der Waals surface area contributed by atoms with Crippen molar-refractivity contribution in [1.82, 2.24) is 30.3 Å². The Hall–Kier alpha value is -5.70. The molecule has 0 unspecified atom stereocenters. The summed E-state index contributed by atoms with van der Waals surface area (Å²) in [6, 6.07) is 33.6. The Labute approximate surface area is 295 Å². The molecule has 1 N–H and O–H groups in total. The van der Waals surface area contributed by atoms with Gasteiger partial charge in [0.1, 0.15) is 0 Å². The van der Waals surface area contributed by atoms with Crippen LogP contribution in [0.5, 0.6) is 5.75 Å². The Bertz CT molecular complexity index is 2070. The SMILES string of the molecule is O=C(N/N=C/c1ccc([O-])cc1)c1ccncc1.[Cl-].[Ru+2].c1cnc2c(c1)ccc1cccnc12.c1cnc2c(c1)ccc1cccnc12. The van der Waals surface area contributed by atoms with Gasteiger partial charge in [-0.2, -0.15) is 5.10 Å². The van der Waals surface area contributed by atoms with Crippen LogP contribution in [0.4, 0.5) is 0 Å². The van der Waals surface area contributed by atoms with Gasteiger partial charge in [0, 0.05) is 64.3 Å². The van der Waals surface area contributed by atoms with Crippen molar-refractivity contribution in [3.63, 3.8) is 0 Å². The average molecular weight is 737 g/mol. The number of benzene rings is 3. The third-order valence-corrected chi connectivity index (χ3v) is 6.89. The summed E-state index contributed by atoms with van der Waals surface area (Å²) < 4.78 is 0. The van der Waals surface area contributed by atoms with E-state index in [0.29, 0.717) is 5.56 Å². The molecule has 11 heteroatoms. The molecular weight excluding hydrogens is 711 g/mol. The van der Waals surface area contributed by atoms with Gasteiger partial charge in [-0.15, -0.1) is 5.75 Å². The van der Waals surface area contributed by atoms with E-state index in [4.69, 9.17) is 0 Å². The standard InChI is InChI=1S/C13H11N3O2.2C12H8N2.ClH.Ru/c17-12-3-1-10(2-4-12)9-15-16-13(18)11-5-7-14-8-6-11;2*1-3-9-5-6-10-4-2-8-14-12(10)11(9)13-7-1;;/h1-9,17H,(H,16,18);2*1-8H;1H;/q;;;;+2/p-2/b15-9+;;;;. The summed E-state index contributed by atoms with van der Waals surface area (Å²) in [5.74, 6) is -0.373. The smallest absolute Gasteiger partial charge is 1.00 e. The van der Waals surface area contributed by atoms with Crippen LogP contribution in [0.25, 0.3) is 43.6 Å². The molecule has 0 aliphatic heterocycles. The first-order chi connectivity index (χ1) is 22.7.